The highest BCUT2D eigenvalue weighted by Gasteiger charge is 2.09. The molecule has 0 aliphatic heterocycles. The number of carbonyl (C=O) groups is 1. The Morgan fingerprint density at radius 1 is 1.39 bits per heavy atom. The van der Waals surface area contributed by atoms with Crippen molar-refractivity contribution < 1.29 is 4.79 Å². The van der Waals surface area contributed by atoms with Crippen molar-refractivity contribution in [2.45, 2.75) is 25.9 Å². The Labute approximate surface area is 121 Å². The number of hydrogen-bond donors (Lipinski definition) is 2. The second kappa shape index (κ2) is 7.81. The quantitative estimate of drug-likeness (QED) is 0.843. The van der Waals surface area contributed by atoms with E-state index in [1.807, 2.05) is 38.1 Å². The molecule has 0 bridgehead atoms. The van der Waals surface area contributed by atoms with Crippen molar-refractivity contribution >= 4 is 33.6 Å². The van der Waals surface area contributed by atoms with Crippen LogP contribution in [0.1, 0.15) is 25.5 Å². The molecule has 0 spiro atoms. The molecule has 2 unspecified atom stereocenters. The van der Waals surface area contributed by atoms with Crippen LogP contribution in [0.2, 0.25) is 0 Å². The van der Waals surface area contributed by atoms with Gasteiger partial charge < -0.3 is 11.1 Å². The van der Waals surface area contributed by atoms with Gasteiger partial charge in [0.15, 0.2) is 0 Å². The number of carbonyl (C=O) groups excluding carboxylic acids is 1. The van der Waals surface area contributed by atoms with Gasteiger partial charge in [0.2, 0.25) is 5.91 Å². The van der Waals surface area contributed by atoms with Crippen molar-refractivity contribution in [2.75, 3.05) is 11.5 Å². The Balaban J connectivity index is 2.37. The average Bonchev–Trinajstić information content (AvgIpc) is 2.29. The van der Waals surface area contributed by atoms with E-state index in [1.165, 1.54) is 0 Å². The summed E-state index contributed by atoms with van der Waals surface area (Å²) in [5.41, 5.74) is 6.73. The van der Waals surface area contributed by atoms with Crippen molar-refractivity contribution in [3.8, 4) is 0 Å². The molecule has 100 valence electrons. The summed E-state index contributed by atoms with van der Waals surface area (Å²) in [5, 5.41) is 2.97. The van der Waals surface area contributed by atoms with Crippen molar-refractivity contribution in [1.82, 2.24) is 5.32 Å². The van der Waals surface area contributed by atoms with Crippen molar-refractivity contribution in [3.05, 3.63) is 34.3 Å². The molecule has 3 N–H and O–H groups in total. The van der Waals surface area contributed by atoms with Crippen molar-refractivity contribution in [2.24, 2.45) is 5.73 Å². The van der Waals surface area contributed by atoms with Crippen LogP contribution in [0.5, 0.6) is 0 Å². The van der Waals surface area contributed by atoms with Crippen LogP contribution in [0, 0.1) is 0 Å². The number of benzene rings is 1. The van der Waals surface area contributed by atoms with Gasteiger partial charge in [-0.25, -0.2) is 0 Å². The predicted molar refractivity (Wildman–Crippen MR) is 81.7 cm³/mol. The Morgan fingerprint density at radius 2 is 2.00 bits per heavy atom. The van der Waals surface area contributed by atoms with E-state index in [0.717, 1.165) is 15.8 Å². The van der Waals surface area contributed by atoms with Gasteiger partial charge >= 0.3 is 0 Å². The lowest BCUT2D eigenvalue weighted by Crippen LogP contribution is -2.29. The minimum absolute atomic E-state index is 0.0292. The first kappa shape index (κ1) is 15.5. The highest BCUT2D eigenvalue weighted by Crippen LogP contribution is 2.16. The number of nitrogens with one attached hydrogen (secondary N) is 1. The number of hydrogen-bond acceptors (Lipinski definition) is 3. The van der Waals surface area contributed by atoms with Gasteiger partial charge in [-0.3, -0.25) is 4.79 Å². The normalized spacial score (nSPS) is 14.0. The van der Waals surface area contributed by atoms with Crippen LogP contribution in [0.3, 0.4) is 0 Å². The minimum atomic E-state index is 0.0292. The summed E-state index contributed by atoms with van der Waals surface area (Å²) < 4.78 is 1.04. The van der Waals surface area contributed by atoms with Crippen LogP contribution >= 0.6 is 27.7 Å². The number of amides is 1. The molecular weight excluding hydrogens is 312 g/mol. The maximum Gasteiger partial charge on any atom is 0.230 e. The molecule has 0 radical (unpaired) electrons. The molecule has 18 heavy (non-hydrogen) atoms. The molecule has 1 aromatic rings. The Morgan fingerprint density at radius 3 is 2.56 bits per heavy atom. The van der Waals surface area contributed by atoms with E-state index in [2.05, 4.69) is 21.2 Å². The maximum atomic E-state index is 11.7. The third kappa shape index (κ3) is 5.89. The molecule has 0 saturated heterocycles. The Kier molecular flexibility index (Phi) is 6.75. The highest BCUT2D eigenvalue weighted by atomic mass is 79.9. The van der Waals surface area contributed by atoms with Crippen LogP contribution in [-0.4, -0.2) is 23.5 Å². The van der Waals surface area contributed by atoms with E-state index in [1.54, 1.807) is 11.8 Å². The van der Waals surface area contributed by atoms with Gasteiger partial charge in [0, 0.05) is 16.3 Å². The summed E-state index contributed by atoms with van der Waals surface area (Å²) in [7, 11) is 0. The lowest BCUT2D eigenvalue weighted by atomic mass is 10.1. The maximum absolute atomic E-state index is 11.7. The van der Waals surface area contributed by atoms with E-state index in [4.69, 9.17) is 5.73 Å². The highest BCUT2D eigenvalue weighted by molar-refractivity contribution is 9.10. The lowest BCUT2D eigenvalue weighted by Gasteiger charge is -2.14. The molecule has 2 atom stereocenters. The van der Waals surface area contributed by atoms with Crippen LogP contribution in [0.15, 0.2) is 28.7 Å². The number of nitrogens with two attached hydrogens (primary N) is 1. The first-order valence-electron chi connectivity index (χ1n) is 5.87. The zero-order chi connectivity index (χ0) is 13.5. The second-order valence-electron chi connectivity index (χ2n) is 4.33. The number of thioether (sulfide) groups is 1. The van der Waals surface area contributed by atoms with Crippen LogP contribution in [0.4, 0.5) is 0 Å². The van der Waals surface area contributed by atoms with Gasteiger partial charge in [-0.05, 0) is 31.5 Å². The fourth-order valence-electron chi connectivity index (χ4n) is 1.46. The average molecular weight is 331 g/mol. The van der Waals surface area contributed by atoms with Crippen molar-refractivity contribution in [1.29, 1.82) is 0 Å². The Hall–Kier alpha value is -0.520. The van der Waals surface area contributed by atoms with Gasteiger partial charge in [0.25, 0.3) is 0 Å². The molecule has 3 nitrogen and oxygen atoms in total. The molecule has 1 amide bonds. The molecule has 1 rings (SSSR count). The first-order valence-corrected chi connectivity index (χ1v) is 7.82. The van der Waals surface area contributed by atoms with Crippen molar-refractivity contribution in [3.63, 3.8) is 0 Å². The van der Waals surface area contributed by atoms with Gasteiger partial charge in [-0.2, -0.15) is 11.8 Å². The number of rotatable bonds is 6. The zero-order valence-electron chi connectivity index (χ0n) is 10.7. The molecule has 0 aliphatic carbocycles. The molecule has 5 heteroatoms. The van der Waals surface area contributed by atoms with Crippen LogP contribution in [-0.2, 0) is 4.79 Å². The monoisotopic (exact) mass is 330 g/mol. The summed E-state index contributed by atoms with van der Waals surface area (Å²) >= 11 is 4.96. The smallest absolute Gasteiger partial charge is 0.230 e. The minimum Gasteiger partial charge on any atom is -0.349 e. The largest absolute Gasteiger partial charge is 0.349 e. The van der Waals surface area contributed by atoms with E-state index in [-0.39, 0.29) is 18.0 Å². The van der Waals surface area contributed by atoms with Gasteiger partial charge in [-0.1, -0.05) is 28.1 Å². The topological polar surface area (TPSA) is 55.1 Å². The van der Waals surface area contributed by atoms with Gasteiger partial charge in [0.1, 0.15) is 0 Å². The van der Waals surface area contributed by atoms with Gasteiger partial charge in [-0.15, -0.1) is 0 Å². The third-order valence-electron chi connectivity index (χ3n) is 2.36. The molecule has 1 aromatic carbocycles. The SMILES string of the molecule is CC(N)CSCC(=O)NC(C)c1ccc(Br)cc1. The van der Waals surface area contributed by atoms with Crippen LogP contribution in [0.25, 0.3) is 0 Å². The fourth-order valence-corrected chi connectivity index (χ4v) is 2.48. The predicted octanol–water partition coefficient (Wildman–Crippen LogP) is 2.71. The summed E-state index contributed by atoms with van der Waals surface area (Å²) in [6, 6.07) is 8.12. The molecule has 0 aliphatic rings. The molecule has 0 heterocycles. The summed E-state index contributed by atoms with van der Waals surface area (Å²) in [6.45, 7) is 3.92. The summed E-state index contributed by atoms with van der Waals surface area (Å²) in [5.74, 6) is 1.32. The first-order chi connectivity index (χ1) is 8.49. The Bertz CT molecular complexity index is 381. The van der Waals surface area contributed by atoms with E-state index in [9.17, 15) is 4.79 Å². The van der Waals surface area contributed by atoms with Gasteiger partial charge in [0.05, 0.1) is 11.8 Å². The second-order valence-corrected chi connectivity index (χ2v) is 6.28. The summed E-state index contributed by atoms with van der Waals surface area (Å²) in [6.07, 6.45) is 0. The zero-order valence-corrected chi connectivity index (χ0v) is 13.1. The molecule has 0 aromatic heterocycles. The summed E-state index contributed by atoms with van der Waals surface area (Å²) in [4.78, 5) is 11.7. The van der Waals surface area contributed by atoms with E-state index in [0.29, 0.717) is 5.75 Å². The van der Waals surface area contributed by atoms with E-state index < -0.39 is 0 Å². The third-order valence-corrected chi connectivity index (χ3v) is 4.12. The fraction of sp³-hybridized carbons (Fsp3) is 0.462. The van der Waals surface area contributed by atoms with Crippen LogP contribution < -0.4 is 11.1 Å². The molecular formula is C13H19BrN2OS. The molecule has 0 fully saturated rings. The lowest BCUT2D eigenvalue weighted by molar-refractivity contribution is -0.119. The molecule has 0 saturated carbocycles. The standard InChI is InChI=1S/C13H19BrN2OS/c1-9(15)7-18-8-13(17)16-10(2)11-3-5-12(14)6-4-11/h3-6,9-10H,7-8,15H2,1-2H3,(H,16,17). The number of halogens is 1. The van der Waals surface area contributed by atoms with E-state index >= 15 is 0 Å².